The molecule has 2 aromatic rings. The van der Waals surface area contributed by atoms with Crippen molar-refractivity contribution in [3.63, 3.8) is 0 Å². The van der Waals surface area contributed by atoms with Gasteiger partial charge in [0.1, 0.15) is 0 Å². The highest BCUT2D eigenvalue weighted by Gasteiger charge is 2.12. The Hall–Kier alpha value is -1.81. The fraction of sp³-hybridized carbons (Fsp3) is 0.231. The number of rotatable bonds is 2. The predicted octanol–water partition coefficient (Wildman–Crippen LogP) is 2.94. The van der Waals surface area contributed by atoms with Crippen molar-refractivity contribution in [2.24, 2.45) is 7.05 Å². The van der Waals surface area contributed by atoms with Crippen LogP contribution < -0.4 is 5.32 Å². The number of benzene rings is 1. The maximum absolute atomic E-state index is 12.1. The van der Waals surface area contributed by atoms with E-state index in [1.165, 1.54) is 0 Å². The molecule has 0 aliphatic carbocycles. The Bertz CT molecular complexity index is 585. The van der Waals surface area contributed by atoms with Gasteiger partial charge in [-0.25, -0.2) is 0 Å². The van der Waals surface area contributed by atoms with Gasteiger partial charge in [-0.3, -0.25) is 9.48 Å². The Morgan fingerprint density at radius 1 is 1.39 bits per heavy atom. The first-order chi connectivity index (χ1) is 8.49. The molecule has 0 atom stereocenters. The van der Waals surface area contributed by atoms with Crippen LogP contribution in [-0.2, 0) is 7.05 Å². The number of aromatic nitrogens is 2. The second-order valence-electron chi connectivity index (χ2n) is 4.16. The van der Waals surface area contributed by atoms with Gasteiger partial charge in [0.15, 0.2) is 5.82 Å². The summed E-state index contributed by atoms with van der Waals surface area (Å²) in [5.74, 6) is 0.340. The number of carbonyl (C=O) groups is 1. The van der Waals surface area contributed by atoms with E-state index in [4.69, 9.17) is 11.6 Å². The lowest BCUT2D eigenvalue weighted by Gasteiger charge is -2.06. The van der Waals surface area contributed by atoms with Crippen LogP contribution in [0.25, 0.3) is 0 Å². The van der Waals surface area contributed by atoms with Gasteiger partial charge in [0.2, 0.25) is 0 Å². The molecule has 1 aromatic carbocycles. The lowest BCUT2D eigenvalue weighted by Crippen LogP contribution is -2.14. The number of halogens is 1. The molecule has 1 aromatic heterocycles. The van der Waals surface area contributed by atoms with Gasteiger partial charge in [-0.1, -0.05) is 17.7 Å². The fourth-order valence-corrected chi connectivity index (χ4v) is 1.83. The molecule has 4 nitrogen and oxygen atoms in total. The fourth-order valence-electron chi connectivity index (χ4n) is 1.66. The van der Waals surface area contributed by atoms with Crippen LogP contribution in [0.1, 0.15) is 21.6 Å². The zero-order valence-corrected chi connectivity index (χ0v) is 11.2. The van der Waals surface area contributed by atoms with Crippen LogP contribution in [0.2, 0.25) is 5.02 Å². The number of nitrogens with zero attached hydrogens (tertiary/aromatic N) is 2. The second kappa shape index (κ2) is 4.82. The number of amides is 1. The van der Waals surface area contributed by atoms with Gasteiger partial charge in [-0.05, 0) is 31.5 Å². The zero-order valence-electron chi connectivity index (χ0n) is 10.5. The first-order valence-electron chi connectivity index (χ1n) is 5.56. The Kier molecular flexibility index (Phi) is 3.39. The summed E-state index contributed by atoms with van der Waals surface area (Å²) in [6.45, 7) is 3.74. The molecule has 0 saturated carbocycles. The molecule has 18 heavy (non-hydrogen) atoms. The van der Waals surface area contributed by atoms with E-state index in [2.05, 4.69) is 10.4 Å². The normalized spacial score (nSPS) is 10.4. The average molecular weight is 264 g/mol. The van der Waals surface area contributed by atoms with Crippen LogP contribution in [-0.4, -0.2) is 15.7 Å². The van der Waals surface area contributed by atoms with E-state index in [-0.39, 0.29) is 5.91 Å². The summed E-state index contributed by atoms with van der Waals surface area (Å²) < 4.78 is 1.71. The second-order valence-corrected chi connectivity index (χ2v) is 4.57. The molecule has 1 N–H and O–H groups in total. The van der Waals surface area contributed by atoms with Crippen molar-refractivity contribution in [3.05, 3.63) is 46.1 Å². The summed E-state index contributed by atoms with van der Waals surface area (Å²) in [6.07, 6.45) is 0. The van der Waals surface area contributed by atoms with Crippen molar-refractivity contribution in [3.8, 4) is 0 Å². The molecule has 1 heterocycles. The molecule has 0 aliphatic heterocycles. The Morgan fingerprint density at radius 3 is 2.72 bits per heavy atom. The van der Waals surface area contributed by atoms with Gasteiger partial charge in [0, 0.05) is 29.4 Å². The van der Waals surface area contributed by atoms with Gasteiger partial charge in [0.25, 0.3) is 5.91 Å². The van der Waals surface area contributed by atoms with E-state index in [0.29, 0.717) is 16.4 Å². The van der Waals surface area contributed by atoms with E-state index in [1.807, 2.05) is 27.0 Å². The van der Waals surface area contributed by atoms with E-state index in [0.717, 1.165) is 11.3 Å². The largest absolute Gasteiger partial charge is 0.305 e. The van der Waals surface area contributed by atoms with Crippen molar-refractivity contribution in [2.75, 3.05) is 5.32 Å². The standard InChI is InChI=1S/C13H14ClN3O/c1-8-7-12(16-17(8)3)15-13(18)10-5-4-6-11(14)9(10)2/h4-7H,1-3H3,(H,15,16,18). The van der Waals surface area contributed by atoms with E-state index in [9.17, 15) is 4.79 Å². The molecule has 2 rings (SSSR count). The number of hydrogen-bond donors (Lipinski definition) is 1. The van der Waals surface area contributed by atoms with Crippen LogP contribution >= 0.6 is 11.6 Å². The van der Waals surface area contributed by atoms with Crippen LogP contribution in [0.5, 0.6) is 0 Å². The molecule has 5 heteroatoms. The zero-order chi connectivity index (χ0) is 13.3. The molecule has 1 amide bonds. The van der Waals surface area contributed by atoms with Gasteiger partial charge in [-0.2, -0.15) is 5.10 Å². The van der Waals surface area contributed by atoms with Crippen LogP contribution in [0.4, 0.5) is 5.82 Å². The number of carbonyl (C=O) groups excluding carboxylic acids is 1. The molecule has 0 aliphatic rings. The van der Waals surface area contributed by atoms with Crippen molar-refractivity contribution in [1.82, 2.24) is 9.78 Å². The smallest absolute Gasteiger partial charge is 0.257 e. The first-order valence-corrected chi connectivity index (χ1v) is 5.94. The van der Waals surface area contributed by atoms with Crippen molar-refractivity contribution in [1.29, 1.82) is 0 Å². The Balaban J connectivity index is 2.24. The van der Waals surface area contributed by atoms with Gasteiger partial charge in [-0.15, -0.1) is 0 Å². The maximum Gasteiger partial charge on any atom is 0.257 e. The van der Waals surface area contributed by atoms with E-state index >= 15 is 0 Å². The van der Waals surface area contributed by atoms with Crippen LogP contribution in [0, 0.1) is 13.8 Å². The summed E-state index contributed by atoms with van der Waals surface area (Å²) in [7, 11) is 1.83. The SMILES string of the molecule is Cc1c(Cl)cccc1C(=O)Nc1cc(C)n(C)n1. The molecule has 0 radical (unpaired) electrons. The first kappa shape index (κ1) is 12.6. The van der Waals surface area contributed by atoms with E-state index in [1.54, 1.807) is 22.9 Å². The molecular weight excluding hydrogens is 250 g/mol. The Labute approximate surface area is 111 Å². The molecule has 0 bridgehead atoms. The third kappa shape index (κ3) is 2.38. The number of anilines is 1. The summed E-state index contributed by atoms with van der Waals surface area (Å²) in [5.41, 5.74) is 2.31. The van der Waals surface area contributed by atoms with Gasteiger partial charge in [0.05, 0.1) is 0 Å². The minimum absolute atomic E-state index is 0.201. The highest BCUT2D eigenvalue weighted by atomic mass is 35.5. The van der Waals surface area contributed by atoms with Crippen LogP contribution in [0.15, 0.2) is 24.3 Å². The quantitative estimate of drug-likeness (QED) is 0.906. The van der Waals surface area contributed by atoms with E-state index < -0.39 is 0 Å². The lowest BCUT2D eigenvalue weighted by atomic mass is 10.1. The predicted molar refractivity (Wildman–Crippen MR) is 72.1 cm³/mol. The van der Waals surface area contributed by atoms with Crippen LogP contribution in [0.3, 0.4) is 0 Å². The minimum Gasteiger partial charge on any atom is -0.305 e. The lowest BCUT2D eigenvalue weighted by molar-refractivity contribution is 0.102. The maximum atomic E-state index is 12.1. The molecular formula is C13H14ClN3O. The van der Waals surface area contributed by atoms with Gasteiger partial charge >= 0.3 is 0 Å². The van der Waals surface area contributed by atoms with Crippen molar-refractivity contribution < 1.29 is 4.79 Å². The topological polar surface area (TPSA) is 46.9 Å². The summed E-state index contributed by atoms with van der Waals surface area (Å²) in [6, 6.07) is 7.08. The number of nitrogens with one attached hydrogen (secondary N) is 1. The summed E-state index contributed by atoms with van der Waals surface area (Å²) in [5, 5.41) is 7.52. The number of hydrogen-bond acceptors (Lipinski definition) is 2. The van der Waals surface area contributed by atoms with Crippen molar-refractivity contribution in [2.45, 2.75) is 13.8 Å². The monoisotopic (exact) mass is 263 g/mol. The summed E-state index contributed by atoms with van der Waals surface area (Å²) >= 11 is 5.99. The van der Waals surface area contributed by atoms with Gasteiger partial charge < -0.3 is 5.32 Å². The molecule has 0 saturated heterocycles. The molecule has 0 fully saturated rings. The molecule has 0 unspecified atom stereocenters. The Morgan fingerprint density at radius 2 is 2.11 bits per heavy atom. The number of aryl methyl sites for hydroxylation is 2. The van der Waals surface area contributed by atoms with Crippen molar-refractivity contribution >= 4 is 23.3 Å². The highest BCUT2D eigenvalue weighted by molar-refractivity contribution is 6.32. The summed E-state index contributed by atoms with van der Waals surface area (Å²) in [4.78, 5) is 12.1. The highest BCUT2D eigenvalue weighted by Crippen LogP contribution is 2.19. The minimum atomic E-state index is -0.201. The molecule has 94 valence electrons. The average Bonchev–Trinajstić information content (AvgIpc) is 2.61. The molecule has 0 spiro atoms. The third-order valence-electron chi connectivity index (χ3n) is 2.87. The third-order valence-corrected chi connectivity index (χ3v) is 3.28.